The molecule has 1 aromatic carbocycles. The molecule has 0 atom stereocenters. The Bertz CT molecular complexity index is 936. The highest BCUT2D eigenvalue weighted by Crippen LogP contribution is 2.40. The molecule has 2 aromatic heterocycles. The Balaban J connectivity index is 1.97. The second-order valence-electron chi connectivity index (χ2n) is 9.47. The Morgan fingerprint density at radius 2 is 1.56 bits per heavy atom. The van der Waals surface area contributed by atoms with Crippen molar-refractivity contribution in [3.63, 3.8) is 0 Å². The lowest BCUT2D eigenvalue weighted by molar-refractivity contribution is 0.422. The van der Waals surface area contributed by atoms with E-state index in [0.29, 0.717) is 5.75 Å². The minimum Gasteiger partial charge on any atom is -0.507 e. The van der Waals surface area contributed by atoms with Crippen molar-refractivity contribution in [2.45, 2.75) is 65.2 Å². The zero-order valence-electron chi connectivity index (χ0n) is 17.6. The largest absolute Gasteiger partial charge is 0.507 e. The summed E-state index contributed by atoms with van der Waals surface area (Å²) in [6.45, 7) is 12.9. The number of phenols is 1. The molecule has 0 amide bonds. The van der Waals surface area contributed by atoms with Crippen molar-refractivity contribution in [1.82, 2.24) is 14.5 Å². The van der Waals surface area contributed by atoms with Crippen LogP contribution in [-0.4, -0.2) is 19.6 Å². The van der Waals surface area contributed by atoms with E-state index < -0.39 is 0 Å². The highest BCUT2D eigenvalue weighted by molar-refractivity contribution is 5.70. The number of phenolic OH excluding ortho intramolecular Hbond substituents is 1. The van der Waals surface area contributed by atoms with Crippen LogP contribution in [-0.2, 0) is 30.7 Å². The number of benzene rings is 1. The van der Waals surface area contributed by atoms with Gasteiger partial charge in [0.15, 0.2) is 5.65 Å². The maximum atomic E-state index is 10.9. The third-order valence-corrected chi connectivity index (χ3v) is 5.14. The summed E-state index contributed by atoms with van der Waals surface area (Å²) in [5, 5.41) is 10.9. The number of hydrogen-bond donors (Lipinski definition) is 1. The van der Waals surface area contributed by atoms with Crippen LogP contribution in [0.15, 0.2) is 30.5 Å². The van der Waals surface area contributed by atoms with E-state index in [4.69, 9.17) is 4.98 Å². The van der Waals surface area contributed by atoms with Crippen LogP contribution in [0.5, 0.6) is 5.75 Å². The number of hydrogen-bond acceptors (Lipinski definition) is 3. The van der Waals surface area contributed by atoms with Gasteiger partial charge in [0.05, 0.1) is 0 Å². The minimum atomic E-state index is -0.109. The summed E-state index contributed by atoms with van der Waals surface area (Å²) >= 11 is 0. The van der Waals surface area contributed by atoms with Crippen LogP contribution in [0, 0.1) is 0 Å². The number of imidazole rings is 1. The van der Waals surface area contributed by atoms with Crippen LogP contribution in [0.3, 0.4) is 0 Å². The van der Waals surface area contributed by atoms with Crippen molar-refractivity contribution in [3.05, 3.63) is 53.0 Å². The monoisotopic (exact) mass is 365 g/mol. The normalized spacial score (nSPS) is 12.7. The highest BCUT2D eigenvalue weighted by atomic mass is 16.3. The molecular weight excluding hydrogens is 334 g/mol. The topological polar surface area (TPSA) is 50.9 Å². The summed E-state index contributed by atoms with van der Waals surface area (Å²) in [6.07, 6.45) is 3.52. The van der Waals surface area contributed by atoms with Crippen molar-refractivity contribution in [1.29, 1.82) is 0 Å². The van der Waals surface area contributed by atoms with E-state index in [2.05, 4.69) is 63.2 Å². The Morgan fingerprint density at radius 3 is 2.07 bits per heavy atom. The average Bonchev–Trinajstić information content (AvgIpc) is 2.88. The van der Waals surface area contributed by atoms with Gasteiger partial charge in [0.1, 0.15) is 17.1 Å². The second-order valence-corrected chi connectivity index (χ2v) is 9.47. The fraction of sp³-hybridized carbons (Fsp3) is 0.478. The van der Waals surface area contributed by atoms with E-state index in [1.807, 2.05) is 19.2 Å². The molecule has 0 aliphatic heterocycles. The van der Waals surface area contributed by atoms with E-state index in [1.54, 1.807) is 6.20 Å². The van der Waals surface area contributed by atoms with Crippen molar-refractivity contribution in [2.24, 2.45) is 7.05 Å². The van der Waals surface area contributed by atoms with Gasteiger partial charge in [0.25, 0.3) is 0 Å². The molecule has 2 heterocycles. The fourth-order valence-corrected chi connectivity index (χ4v) is 3.53. The summed E-state index contributed by atoms with van der Waals surface area (Å²) in [4.78, 5) is 9.17. The van der Waals surface area contributed by atoms with Crippen LogP contribution in [0.25, 0.3) is 11.2 Å². The predicted octanol–water partition coefficient (Wildman–Crippen LogP) is 5.05. The summed E-state index contributed by atoms with van der Waals surface area (Å²) in [6, 6.07) is 8.24. The Morgan fingerprint density at radius 1 is 0.963 bits per heavy atom. The minimum absolute atomic E-state index is 0.109. The number of pyridine rings is 1. The first-order valence-corrected chi connectivity index (χ1v) is 9.61. The molecule has 27 heavy (non-hydrogen) atoms. The van der Waals surface area contributed by atoms with E-state index in [1.165, 1.54) is 5.56 Å². The SMILES string of the molecule is Cn1c(CCc2cc(C(C)(C)C)c(O)c(C(C)(C)C)c2)nc2cccnc21. The maximum Gasteiger partial charge on any atom is 0.159 e. The lowest BCUT2D eigenvalue weighted by atomic mass is 9.78. The molecule has 0 saturated carbocycles. The van der Waals surface area contributed by atoms with E-state index in [0.717, 1.165) is 41.0 Å². The molecule has 0 unspecified atom stereocenters. The van der Waals surface area contributed by atoms with Gasteiger partial charge < -0.3 is 9.67 Å². The predicted molar refractivity (Wildman–Crippen MR) is 111 cm³/mol. The van der Waals surface area contributed by atoms with Gasteiger partial charge in [-0.05, 0) is 46.1 Å². The number of aromatic nitrogens is 3. The van der Waals surface area contributed by atoms with Crippen LogP contribution in [0.1, 0.15) is 64.1 Å². The molecule has 4 nitrogen and oxygen atoms in total. The molecule has 0 saturated heterocycles. The van der Waals surface area contributed by atoms with Gasteiger partial charge in [-0.15, -0.1) is 0 Å². The lowest BCUT2D eigenvalue weighted by Gasteiger charge is -2.28. The van der Waals surface area contributed by atoms with Gasteiger partial charge in [-0.3, -0.25) is 0 Å². The standard InChI is InChI=1S/C23H31N3O/c1-22(2,3)16-13-15(14-17(20(16)27)23(4,5)6)10-11-19-25-18-9-8-12-24-21(18)26(19)7/h8-9,12-14,27H,10-11H2,1-7H3. The number of aryl methyl sites for hydroxylation is 3. The lowest BCUT2D eigenvalue weighted by Crippen LogP contribution is -2.18. The Labute approximate surface area is 162 Å². The first kappa shape index (κ1) is 19.4. The molecule has 0 aliphatic rings. The molecule has 1 N–H and O–H groups in total. The summed E-state index contributed by atoms with van der Waals surface area (Å²) in [5.74, 6) is 1.47. The number of rotatable bonds is 3. The molecule has 3 aromatic rings. The molecular formula is C23H31N3O. The molecule has 0 radical (unpaired) electrons. The van der Waals surface area contributed by atoms with Crippen LogP contribution >= 0.6 is 0 Å². The fourth-order valence-electron chi connectivity index (χ4n) is 3.53. The van der Waals surface area contributed by atoms with Gasteiger partial charge in [-0.2, -0.15) is 0 Å². The molecule has 0 bridgehead atoms. The maximum absolute atomic E-state index is 10.9. The average molecular weight is 366 g/mol. The molecule has 0 fully saturated rings. The van der Waals surface area contributed by atoms with Crippen molar-refractivity contribution >= 4 is 11.2 Å². The summed E-state index contributed by atoms with van der Waals surface area (Å²) in [5.41, 5.74) is 4.90. The van der Waals surface area contributed by atoms with Gasteiger partial charge in [-0.1, -0.05) is 53.7 Å². The van der Waals surface area contributed by atoms with Gasteiger partial charge in [0, 0.05) is 19.7 Å². The number of fused-ring (bicyclic) bond motifs is 1. The number of nitrogens with zero attached hydrogens (tertiary/aromatic N) is 3. The molecule has 3 rings (SSSR count). The molecule has 144 valence electrons. The van der Waals surface area contributed by atoms with Gasteiger partial charge in [-0.25, -0.2) is 9.97 Å². The first-order chi connectivity index (χ1) is 12.5. The zero-order valence-corrected chi connectivity index (χ0v) is 17.6. The summed E-state index contributed by atoms with van der Waals surface area (Å²) < 4.78 is 2.07. The Hall–Kier alpha value is -2.36. The quantitative estimate of drug-likeness (QED) is 0.706. The zero-order chi connectivity index (χ0) is 20.0. The highest BCUT2D eigenvalue weighted by Gasteiger charge is 2.26. The summed E-state index contributed by atoms with van der Waals surface area (Å²) in [7, 11) is 2.02. The molecule has 0 aliphatic carbocycles. The van der Waals surface area contributed by atoms with Gasteiger partial charge in [0.2, 0.25) is 0 Å². The van der Waals surface area contributed by atoms with Crippen LogP contribution < -0.4 is 0 Å². The van der Waals surface area contributed by atoms with E-state index in [9.17, 15) is 5.11 Å². The molecule has 4 heteroatoms. The number of aromatic hydroxyl groups is 1. The van der Waals surface area contributed by atoms with Crippen molar-refractivity contribution < 1.29 is 5.11 Å². The molecule has 0 spiro atoms. The van der Waals surface area contributed by atoms with E-state index in [-0.39, 0.29) is 10.8 Å². The smallest absolute Gasteiger partial charge is 0.159 e. The van der Waals surface area contributed by atoms with Crippen molar-refractivity contribution in [2.75, 3.05) is 0 Å². The van der Waals surface area contributed by atoms with Crippen molar-refractivity contribution in [3.8, 4) is 5.75 Å². The van der Waals surface area contributed by atoms with Crippen LogP contribution in [0.4, 0.5) is 0 Å². The third kappa shape index (κ3) is 3.85. The van der Waals surface area contributed by atoms with Crippen LogP contribution in [0.2, 0.25) is 0 Å². The van der Waals surface area contributed by atoms with Gasteiger partial charge >= 0.3 is 0 Å². The second kappa shape index (κ2) is 6.66. The third-order valence-electron chi connectivity index (χ3n) is 5.14. The Kier molecular flexibility index (Phi) is 4.79. The first-order valence-electron chi connectivity index (χ1n) is 9.61. The van der Waals surface area contributed by atoms with E-state index >= 15 is 0 Å².